The van der Waals surface area contributed by atoms with E-state index in [0.29, 0.717) is 52.0 Å². The summed E-state index contributed by atoms with van der Waals surface area (Å²) in [6.07, 6.45) is 4.06. The number of carbonyl (C=O) groups is 1. The van der Waals surface area contributed by atoms with Crippen molar-refractivity contribution in [2.45, 2.75) is 62.4 Å². The van der Waals surface area contributed by atoms with Gasteiger partial charge in [0.1, 0.15) is 17.6 Å². The number of aromatic amines is 1. The summed E-state index contributed by atoms with van der Waals surface area (Å²) in [5.41, 5.74) is 0.0376. The molecule has 0 bridgehead atoms. The number of benzene rings is 2. The van der Waals surface area contributed by atoms with Crippen LogP contribution >= 0.6 is 22.7 Å². The number of aliphatic hydroxyl groups excluding tert-OH is 1. The number of aromatic hydroxyl groups is 1. The molecule has 270 valence electrons. The van der Waals surface area contributed by atoms with Gasteiger partial charge in [-0.2, -0.15) is 0 Å². The largest absolute Gasteiger partial charge is 0.506 e. The van der Waals surface area contributed by atoms with E-state index in [1.54, 1.807) is 24.3 Å². The smallest absolute Gasteiger partial charge is 0.349 e. The second-order valence-corrected chi connectivity index (χ2v) is 15.0. The highest BCUT2D eigenvalue weighted by atomic mass is 32.1. The Kier molecular flexibility index (Phi) is 12.2. The first kappa shape index (κ1) is 36.7. The third kappa shape index (κ3) is 8.89. The van der Waals surface area contributed by atoms with Gasteiger partial charge in [0, 0.05) is 30.6 Å². The summed E-state index contributed by atoms with van der Waals surface area (Å²) < 4.78 is 11.9. The van der Waals surface area contributed by atoms with Crippen molar-refractivity contribution in [2.24, 2.45) is 0 Å². The van der Waals surface area contributed by atoms with Crippen LogP contribution in [0, 0.1) is 0 Å². The van der Waals surface area contributed by atoms with Gasteiger partial charge in [0.2, 0.25) is 11.2 Å². The molecule has 0 saturated heterocycles. The standard InChI is InChI=1S/C39H45N3O7S2/c1-42(27-9-13-29(14-10-27)49-38(46)39(47,34-5-2-23-50-34)35-6-3-24-51-35)21-4-22-48-28-11-7-26(8-12-28)19-20-40-25-33(44)30-15-17-32(43)37-31(30)16-18-36(45)41-37/h2-3,5-8,11-12,15-18,23-24,27,29,33,40,43-44,47H,4,9-10,13-14,19-22,25H2,1H3,(H,41,45)/t27?,29?,33-/m0/s1. The zero-order valence-electron chi connectivity index (χ0n) is 28.6. The maximum absolute atomic E-state index is 13.3. The molecule has 1 aliphatic carbocycles. The molecule has 2 aromatic carbocycles. The number of phenols is 1. The van der Waals surface area contributed by atoms with Crippen LogP contribution < -0.4 is 15.6 Å². The van der Waals surface area contributed by atoms with Gasteiger partial charge in [-0.15, -0.1) is 22.7 Å². The van der Waals surface area contributed by atoms with Crippen LogP contribution in [0.2, 0.25) is 0 Å². The van der Waals surface area contributed by atoms with Crippen LogP contribution in [0.5, 0.6) is 11.5 Å². The molecule has 1 saturated carbocycles. The van der Waals surface area contributed by atoms with E-state index < -0.39 is 17.7 Å². The molecular weight excluding hydrogens is 687 g/mol. The molecule has 0 unspecified atom stereocenters. The Morgan fingerprint density at radius 1 is 1.00 bits per heavy atom. The Balaban J connectivity index is 0.867. The number of ether oxygens (including phenoxy) is 2. The van der Waals surface area contributed by atoms with E-state index in [2.05, 4.69) is 34.4 Å². The number of H-pyrrole nitrogens is 1. The van der Waals surface area contributed by atoms with Crippen molar-refractivity contribution >= 4 is 39.5 Å². The number of thiophene rings is 2. The fourth-order valence-corrected chi connectivity index (χ4v) is 8.42. The first-order valence-corrected chi connectivity index (χ1v) is 19.2. The summed E-state index contributed by atoms with van der Waals surface area (Å²) in [5.74, 6) is 0.205. The maximum atomic E-state index is 13.3. The third-order valence-corrected chi connectivity index (χ3v) is 11.6. The van der Waals surface area contributed by atoms with Crippen LogP contribution in [0.4, 0.5) is 0 Å². The summed E-state index contributed by atoms with van der Waals surface area (Å²) in [5, 5.41) is 40.0. The molecule has 6 rings (SSSR count). The van der Waals surface area contributed by atoms with E-state index in [-0.39, 0.29) is 17.4 Å². The number of rotatable bonds is 16. The molecular formula is C39H45N3O7S2. The number of fused-ring (bicyclic) bond motifs is 1. The van der Waals surface area contributed by atoms with Gasteiger partial charge in [-0.25, -0.2) is 4.79 Å². The number of aliphatic hydroxyl groups is 2. The van der Waals surface area contributed by atoms with Crippen LogP contribution in [0.1, 0.15) is 59.1 Å². The quantitative estimate of drug-likeness (QED) is 0.0637. The summed E-state index contributed by atoms with van der Waals surface area (Å²) in [4.78, 5) is 31.1. The molecule has 5 aromatic rings. The zero-order chi connectivity index (χ0) is 35.8. The van der Waals surface area contributed by atoms with Crippen molar-refractivity contribution in [1.29, 1.82) is 0 Å². The van der Waals surface area contributed by atoms with Crippen LogP contribution in [0.15, 0.2) is 88.4 Å². The van der Waals surface area contributed by atoms with Crippen molar-refractivity contribution in [3.8, 4) is 11.5 Å². The Labute approximate surface area is 305 Å². The SMILES string of the molecule is CN(CCCOc1ccc(CCNC[C@H](O)c2ccc(O)c3[nH]c(=O)ccc23)cc1)C1CCC(OC(=O)C(O)(c2cccs2)c2cccs2)CC1. The maximum Gasteiger partial charge on any atom is 0.349 e. The lowest BCUT2D eigenvalue weighted by Crippen LogP contribution is -2.42. The fourth-order valence-electron chi connectivity index (χ4n) is 6.70. The number of aromatic nitrogens is 1. The predicted octanol–water partition coefficient (Wildman–Crippen LogP) is 5.71. The fraction of sp³-hybridized carbons (Fsp3) is 0.385. The van der Waals surface area contributed by atoms with E-state index in [9.17, 15) is 24.9 Å². The first-order chi connectivity index (χ1) is 24.7. The Morgan fingerprint density at radius 3 is 2.37 bits per heavy atom. The highest BCUT2D eigenvalue weighted by molar-refractivity contribution is 7.12. The van der Waals surface area contributed by atoms with Crippen molar-refractivity contribution in [1.82, 2.24) is 15.2 Å². The van der Waals surface area contributed by atoms with Crippen molar-refractivity contribution < 1.29 is 29.6 Å². The number of pyridine rings is 1. The van der Waals surface area contributed by atoms with Gasteiger partial charge < -0.3 is 40.0 Å². The van der Waals surface area contributed by atoms with Gasteiger partial charge in [-0.1, -0.05) is 30.3 Å². The monoisotopic (exact) mass is 731 g/mol. The molecule has 0 spiro atoms. The first-order valence-electron chi connectivity index (χ1n) is 17.4. The second kappa shape index (κ2) is 17.0. The molecule has 0 amide bonds. The molecule has 0 aliphatic heterocycles. The molecule has 5 N–H and O–H groups in total. The number of nitrogens with one attached hydrogen (secondary N) is 2. The Morgan fingerprint density at radius 2 is 1.71 bits per heavy atom. The van der Waals surface area contributed by atoms with Crippen molar-refractivity contribution in [2.75, 3.05) is 33.3 Å². The Hall–Kier alpha value is -4.04. The van der Waals surface area contributed by atoms with Gasteiger partial charge >= 0.3 is 5.97 Å². The number of carbonyl (C=O) groups excluding carboxylic acids is 1. The van der Waals surface area contributed by atoms with Gasteiger partial charge in [-0.3, -0.25) is 4.79 Å². The lowest BCUT2D eigenvalue weighted by atomic mass is 9.91. The molecule has 10 nitrogen and oxygen atoms in total. The molecule has 3 aromatic heterocycles. The molecule has 12 heteroatoms. The summed E-state index contributed by atoms with van der Waals surface area (Å²) in [7, 11) is 2.14. The van der Waals surface area contributed by atoms with E-state index in [1.165, 1.54) is 34.8 Å². The number of nitrogens with zero attached hydrogens (tertiary/aromatic N) is 1. The molecule has 1 atom stereocenters. The lowest BCUT2D eigenvalue weighted by molar-refractivity contribution is -0.169. The van der Waals surface area contributed by atoms with E-state index in [4.69, 9.17) is 9.47 Å². The lowest BCUT2D eigenvalue weighted by Gasteiger charge is -2.35. The molecule has 1 fully saturated rings. The van der Waals surface area contributed by atoms with Crippen LogP contribution in [0.25, 0.3) is 10.9 Å². The highest BCUT2D eigenvalue weighted by Crippen LogP contribution is 2.38. The van der Waals surface area contributed by atoms with Crippen LogP contribution in [-0.2, 0) is 21.6 Å². The molecule has 3 heterocycles. The molecule has 1 aliphatic rings. The van der Waals surface area contributed by atoms with Gasteiger partial charge in [-0.05, 0) is 110 Å². The number of esters is 1. The average molecular weight is 732 g/mol. The van der Waals surface area contributed by atoms with Crippen LogP contribution in [0.3, 0.4) is 0 Å². The summed E-state index contributed by atoms with van der Waals surface area (Å²) in [6, 6.07) is 21.9. The number of hydrogen-bond acceptors (Lipinski definition) is 11. The third-order valence-electron chi connectivity index (χ3n) is 9.63. The predicted molar refractivity (Wildman–Crippen MR) is 201 cm³/mol. The highest BCUT2D eigenvalue weighted by Gasteiger charge is 2.45. The summed E-state index contributed by atoms with van der Waals surface area (Å²) in [6.45, 7) is 2.52. The second-order valence-electron chi connectivity index (χ2n) is 13.1. The van der Waals surface area contributed by atoms with Crippen molar-refractivity contribution in [3.63, 3.8) is 0 Å². The summed E-state index contributed by atoms with van der Waals surface area (Å²) >= 11 is 2.71. The van der Waals surface area contributed by atoms with Gasteiger partial charge in [0.05, 0.1) is 28.0 Å². The van der Waals surface area contributed by atoms with Crippen LogP contribution in [-0.4, -0.2) is 76.6 Å². The molecule has 51 heavy (non-hydrogen) atoms. The number of phenolic OH excluding ortho intramolecular Hbond substituents is 1. The van der Waals surface area contributed by atoms with E-state index >= 15 is 0 Å². The molecule has 0 radical (unpaired) electrons. The minimum absolute atomic E-state index is 0.0290. The zero-order valence-corrected chi connectivity index (χ0v) is 30.3. The van der Waals surface area contributed by atoms with E-state index in [0.717, 1.165) is 56.4 Å². The van der Waals surface area contributed by atoms with Crippen molar-refractivity contribution in [3.05, 3.63) is 115 Å². The topological polar surface area (TPSA) is 144 Å². The van der Waals surface area contributed by atoms with E-state index in [1.807, 2.05) is 35.0 Å². The number of hydrogen-bond donors (Lipinski definition) is 5. The average Bonchev–Trinajstić information content (AvgIpc) is 3.89. The normalized spacial score (nSPS) is 17.1. The minimum Gasteiger partial charge on any atom is -0.506 e. The van der Waals surface area contributed by atoms with Gasteiger partial charge in [0.25, 0.3) is 0 Å². The Bertz CT molecular complexity index is 1870. The van der Waals surface area contributed by atoms with Gasteiger partial charge in [0.15, 0.2) is 0 Å². The minimum atomic E-state index is -1.77.